The van der Waals surface area contributed by atoms with Gasteiger partial charge in [0.25, 0.3) is 0 Å². The van der Waals surface area contributed by atoms with Gasteiger partial charge in [-0.1, -0.05) is 15.9 Å². The Morgan fingerprint density at radius 1 is 1.40 bits per heavy atom. The van der Waals surface area contributed by atoms with E-state index in [4.69, 9.17) is 0 Å². The minimum absolute atomic E-state index is 0.634. The van der Waals surface area contributed by atoms with E-state index in [1.807, 2.05) is 6.20 Å². The Morgan fingerprint density at radius 3 is 3.07 bits per heavy atom. The van der Waals surface area contributed by atoms with Crippen LogP contribution in [0.5, 0.6) is 0 Å². The molecule has 0 bridgehead atoms. The van der Waals surface area contributed by atoms with Gasteiger partial charge in [0.15, 0.2) is 0 Å². The van der Waals surface area contributed by atoms with Crippen LogP contribution >= 0.6 is 15.9 Å². The molecule has 1 aliphatic heterocycles. The Kier molecular flexibility index (Phi) is 3.94. The van der Waals surface area contributed by atoms with Crippen molar-refractivity contribution in [2.75, 3.05) is 16.8 Å². The van der Waals surface area contributed by atoms with Gasteiger partial charge < -0.3 is 4.90 Å². The monoisotopic (exact) mass is 269 g/mol. The molecule has 1 fully saturated rings. The van der Waals surface area contributed by atoms with Crippen LogP contribution < -0.4 is 4.90 Å². The Labute approximate surface area is 99.0 Å². The zero-order chi connectivity index (χ0) is 10.5. The molecule has 0 N–H and O–H groups in total. The number of hydrogen-bond donors (Lipinski definition) is 0. The van der Waals surface area contributed by atoms with E-state index in [-0.39, 0.29) is 0 Å². The molecule has 0 aliphatic carbocycles. The third kappa shape index (κ3) is 2.68. The molecular weight excluding hydrogens is 254 g/mol. The second kappa shape index (κ2) is 5.45. The molecule has 1 aliphatic rings. The predicted octanol–water partition coefficient (Wildman–Crippen LogP) is 2.62. The van der Waals surface area contributed by atoms with Gasteiger partial charge in [-0.2, -0.15) is 0 Å². The van der Waals surface area contributed by atoms with Crippen molar-refractivity contribution in [3.63, 3.8) is 0 Å². The highest BCUT2D eigenvalue weighted by molar-refractivity contribution is 9.09. The van der Waals surface area contributed by atoms with Crippen molar-refractivity contribution in [3.05, 3.63) is 18.6 Å². The maximum Gasteiger partial charge on any atom is 0.147 e. The van der Waals surface area contributed by atoms with E-state index in [1.165, 1.54) is 25.7 Å². The highest BCUT2D eigenvalue weighted by atomic mass is 79.9. The molecule has 0 saturated carbocycles. The number of nitrogens with zero attached hydrogens (tertiary/aromatic N) is 3. The molecule has 1 unspecified atom stereocenters. The van der Waals surface area contributed by atoms with Crippen molar-refractivity contribution in [1.82, 2.24) is 9.97 Å². The van der Waals surface area contributed by atoms with Crippen LogP contribution in [0.25, 0.3) is 0 Å². The number of aromatic nitrogens is 2. The van der Waals surface area contributed by atoms with Crippen molar-refractivity contribution in [2.24, 2.45) is 0 Å². The van der Waals surface area contributed by atoms with E-state index in [0.717, 1.165) is 17.7 Å². The van der Waals surface area contributed by atoms with Gasteiger partial charge in [0.05, 0.1) is 6.20 Å². The molecule has 3 nitrogen and oxygen atoms in total. The zero-order valence-electron chi connectivity index (χ0n) is 8.77. The van der Waals surface area contributed by atoms with Crippen molar-refractivity contribution in [1.29, 1.82) is 0 Å². The smallest absolute Gasteiger partial charge is 0.147 e. The van der Waals surface area contributed by atoms with Gasteiger partial charge in [-0.3, -0.25) is 4.98 Å². The van der Waals surface area contributed by atoms with Gasteiger partial charge >= 0.3 is 0 Å². The molecule has 0 amide bonds. The molecule has 0 radical (unpaired) electrons. The van der Waals surface area contributed by atoms with Crippen LogP contribution in [0.2, 0.25) is 0 Å². The highest BCUT2D eigenvalue weighted by Gasteiger charge is 2.22. The van der Waals surface area contributed by atoms with Gasteiger partial charge in [-0.25, -0.2) is 4.98 Å². The second-order valence-electron chi connectivity index (χ2n) is 3.88. The lowest BCUT2D eigenvalue weighted by atomic mass is 10.0. The first-order valence-corrected chi connectivity index (χ1v) is 6.62. The summed E-state index contributed by atoms with van der Waals surface area (Å²) in [6.45, 7) is 1.12. The average Bonchev–Trinajstić information content (AvgIpc) is 2.31. The van der Waals surface area contributed by atoms with Crippen molar-refractivity contribution < 1.29 is 0 Å². The van der Waals surface area contributed by atoms with Gasteiger partial charge in [0, 0.05) is 30.3 Å². The average molecular weight is 270 g/mol. The number of rotatable bonds is 3. The molecule has 2 heterocycles. The van der Waals surface area contributed by atoms with Crippen LogP contribution in [0.3, 0.4) is 0 Å². The van der Waals surface area contributed by atoms with E-state index < -0.39 is 0 Å². The summed E-state index contributed by atoms with van der Waals surface area (Å²) in [5.74, 6) is 1.03. The Hall–Kier alpha value is -0.640. The first-order valence-electron chi connectivity index (χ1n) is 5.50. The van der Waals surface area contributed by atoms with Crippen molar-refractivity contribution >= 4 is 21.7 Å². The second-order valence-corrected chi connectivity index (χ2v) is 4.68. The van der Waals surface area contributed by atoms with E-state index in [2.05, 4.69) is 30.8 Å². The zero-order valence-corrected chi connectivity index (χ0v) is 10.4. The Balaban J connectivity index is 2.11. The normalized spacial score (nSPS) is 21.7. The maximum atomic E-state index is 4.38. The summed E-state index contributed by atoms with van der Waals surface area (Å²) in [6.07, 6.45) is 10.5. The Bertz CT molecular complexity index is 289. The standard InChI is InChI=1S/C11H16BrN3/c12-5-4-10-3-1-2-8-15(10)11-9-13-6-7-14-11/h6-7,9-10H,1-5,8H2. The number of halogens is 1. The molecule has 15 heavy (non-hydrogen) atoms. The number of alkyl halides is 1. The minimum Gasteiger partial charge on any atom is -0.352 e. The number of piperidine rings is 1. The summed E-state index contributed by atoms with van der Waals surface area (Å²) in [6, 6.07) is 0.634. The molecular formula is C11H16BrN3. The fraction of sp³-hybridized carbons (Fsp3) is 0.636. The lowest BCUT2D eigenvalue weighted by molar-refractivity contribution is 0.449. The fourth-order valence-corrected chi connectivity index (χ4v) is 2.70. The van der Waals surface area contributed by atoms with E-state index in [1.54, 1.807) is 12.4 Å². The number of anilines is 1. The summed E-state index contributed by atoms with van der Waals surface area (Å²) >= 11 is 3.52. The minimum atomic E-state index is 0.634. The van der Waals surface area contributed by atoms with Crippen LogP contribution in [0.4, 0.5) is 5.82 Å². The highest BCUT2D eigenvalue weighted by Crippen LogP contribution is 2.24. The van der Waals surface area contributed by atoms with Crippen molar-refractivity contribution in [2.45, 2.75) is 31.7 Å². The van der Waals surface area contributed by atoms with Gasteiger partial charge in [-0.05, 0) is 25.7 Å². The van der Waals surface area contributed by atoms with E-state index in [0.29, 0.717) is 6.04 Å². The first-order chi connectivity index (χ1) is 7.42. The molecule has 1 aromatic heterocycles. The van der Waals surface area contributed by atoms with Crippen LogP contribution in [-0.4, -0.2) is 27.9 Å². The van der Waals surface area contributed by atoms with Crippen LogP contribution in [0.1, 0.15) is 25.7 Å². The molecule has 1 aromatic rings. The third-order valence-electron chi connectivity index (χ3n) is 2.91. The lowest BCUT2D eigenvalue weighted by Gasteiger charge is -2.36. The summed E-state index contributed by atoms with van der Waals surface area (Å²) in [5, 5.41) is 1.06. The quantitative estimate of drug-likeness (QED) is 0.790. The van der Waals surface area contributed by atoms with Crippen LogP contribution in [0, 0.1) is 0 Å². The van der Waals surface area contributed by atoms with Crippen molar-refractivity contribution in [3.8, 4) is 0 Å². The van der Waals surface area contributed by atoms with Crippen LogP contribution in [0.15, 0.2) is 18.6 Å². The summed E-state index contributed by atoms with van der Waals surface area (Å²) in [4.78, 5) is 10.9. The molecule has 1 atom stereocenters. The first kappa shape index (κ1) is 10.9. The predicted molar refractivity (Wildman–Crippen MR) is 65.4 cm³/mol. The topological polar surface area (TPSA) is 29.0 Å². The molecule has 4 heteroatoms. The lowest BCUT2D eigenvalue weighted by Crippen LogP contribution is -2.40. The molecule has 82 valence electrons. The van der Waals surface area contributed by atoms with Gasteiger partial charge in [0.2, 0.25) is 0 Å². The third-order valence-corrected chi connectivity index (χ3v) is 3.37. The van der Waals surface area contributed by atoms with E-state index >= 15 is 0 Å². The van der Waals surface area contributed by atoms with Gasteiger partial charge in [-0.15, -0.1) is 0 Å². The Morgan fingerprint density at radius 2 is 2.33 bits per heavy atom. The van der Waals surface area contributed by atoms with Gasteiger partial charge in [0.1, 0.15) is 5.82 Å². The SMILES string of the molecule is BrCCC1CCCCN1c1cnccn1. The molecule has 0 aromatic carbocycles. The maximum absolute atomic E-state index is 4.38. The molecule has 0 spiro atoms. The summed E-state index contributed by atoms with van der Waals surface area (Å²) in [7, 11) is 0. The summed E-state index contributed by atoms with van der Waals surface area (Å²) < 4.78 is 0. The van der Waals surface area contributed by atoms with E-state index in [9.17, 15) is 0 Å². The molecule has 2 rings (SSSR count). The fourth-order valence-electron chi connectivity index (χ4n) is 2.17. The summed E-state index contributed by atoms with van der Waals surface area (Å²) in [5.41, 5.74) is 0. The van der Waals surface area contributed by atoms with Crippen LogP contribution in [-0.2, 0) is 0 Å². The largest absolute Gasteiger partial charge is 0.352 e. The molecule has 1 saturated heterocycles. The number of hydrogen-bond acceptors (Lipinski definition) is 3.